The fraction of sp³-hybridized carbons (Fsp3) is 0.0690. The van der Waals surface area contributed by atoms with E-state index in [1.54, 1.807) is 12.3 Å². The molecule has 0 aliphatic rings. The van der Waals surface area contributed by atoms with Crippen molar-refractivity contribution in [3.63, 3.8) is 0 Å². The number of nitrogens with zero attached hydrogens (tertiary/aromatic N) is 3. The van der Waals surface area contributed by atoms with Crippen molar-refractivity contribution in [3.05, 3.63) is 123 Å². The Balaban J connectivity index is 1.37. The second-order valence-electron chi connectivity index (χ2n) is 8.24. The third kappa shape index (κ3) is 5.23. The summed E-state index contributed by atoms with van der Waals surface area (Å²) in [6.07, 6.45) is 5.95. The van der Waals surface area contributed by atoms with Gasteiger partial charge in [-0.15, -0.1) is 11.3 Å². The highest BCUT2D eigenvalue weighted by Crippen LogP contribution is 2.27. The van der Waals surface area contributed by atoms with Gasteiger partial charge in [0.2, 0.25) is 0 Å². The third-order valence-electron chi connectivity index (χ3n) is 5.78. The van der Waals surface area contributed by atoms with Gasteiger partial charge in [0, 0.05) is 51.7 Å². The number of anilines is 1. The molecule has 5 rings (SSSR count). The number of para-hydroxylation sites is 1. The number of amides is 1. The van der Waals surface area contributed by atoms with Gasteiger partial charge >= 0.3 is 0 Å². The van der Waals surface area contributed by atoms with E-state index < -0.39 is 5.91 Å². The Morgan fingerprint density at radius 3 is 2.61 bits per heavy atom. The monoisotopic (exact) mass is 508 g/mol. The van der Waals surface area contributed by atoms with Crippen LogP contribution in [0.1, 0.15) is 21.6 Å². The van der Waals surface area contributed by atoms with E-state index in [4.69, 9.17) is 11.6 Å². The molecule has 0 saturated heterocycles. The molecule has 0 fully saturated rings. The van der Waals surface area contributed by atoms with Crippen molar-refractivity contribution in [1.82, 2.24) is 9.55 Å². The maximum absolute atomic E-state index is 12.9. The molecule has 0 aliphatic heterocycles. The van der Waals surface area contributed by atoms with Crippen LogP contribution in [0.25, 0.3) is 17.0 Å². The minimum atomic E-state index is -0.490. The molecule has 2 aromatic heterocycles. The number of carbonyl (C=O) groups excluding carboxylic acids is 1. The average Bonchev–Trinajstić information content (AvgIpc) is 3.48. The Labute approximate surface area is 217 Å². The summed E-state index contributed by atoms with van der Waals surface area (Å²) in [5.41, 5.74) is 4.02. The molecule has 1 N–H and O–H groups in total. The van der Waals surface area contributed by atoms with Gasteiger partial charge in [-0.3, -0.25) is 10.1 Å². The smallest absolute Gasteiger partial charge is 0.268 e. The van der Waals surface area contributed by atoms with E-state index in [1.807, 2.05) is 79.0 Å². The molecule has 36 heavy (non-hydrogen) atoms. The van der Waals surface area contributed by atoms with Gasteiger partial charge in [0.25, 0.3) is 5.91 Å². The SMILES string of the molecule is N#CC(=Cc1cn(Cc2ccccc2)c2ccccc12)C(=O)Nc1ncc(Cc2ccccc2Cl)s1. The second-order valence-corrected chi connectivity index (χ2v) is 9.76. The molecule has 2 heterocycles. The quantitative estimate of drug-likeness (QED) is 0.191. The topological polar surface area (TPSA) is 70.7 Å². The van der Waals surface area contributed by atoms with Gasteiger partial charge < -0.3 is 4.57 Å². The van der Waals surface area contributed by atoms with Crippen LogP contribution in [0.5, 0.6) is 0 Å². The van der Waals surface area contributed by atoms with Crippen molar-refractivity contribution in [2.24, 2.45) is 0 Å². The molecule has 7 heteroatoms. The molecule has 0 saturated carbocycles. The van der Waals surface area contributed by atoms with Crippen LogP contribution in [0.4, 0.5) is 5.13 Å². The lowest BCUT2D eigenvalue weighted by atomic mass is 10.1. The number of nitriles is 1. The molecule has 176 valence electrons. The van der Waals surface area contributed by atoms with Crippen molar-refractivity contribution >= 4 is 51.0 Å². The summed E-state index contributed by atoms with van der Waals surface area (Å²) in [5.74, 6) is -0.490. The van der Waals surface area contributed by atoms with Crippen molar-refractivity contribution in [1.29, 1.82) is 5.26 Å². The van der Waals surface area contributed by atoms with E-state index in [0.29, 0.717) is 23.1 Å². The second kappa shape index (κ2) is 10.6. The summed E-state index contributed by atoms with van der Waals surface area (Å²) in [5, 5.41) is 14.6. The Morgan fingerprint density at radius 1 is 1.06 bits per heavy atom. The zero-order valence-corrected chi connectivity index (χ0v) is 20.8. The Kier molecular flexibility index (Phi) is 6.94. The number of nitrogens with one attached hydrogen (secondary N) is 1. The van der Waals surface area contributed by atoms with Crippen LogP contribution in [0.3, 0.4) is 0 Å². The van der Waals surface area contributed by atoms with Crippen LogP contribution < -0.4 is 5.32 Å². The van der Waals surface area contributed by atoms with E-state index in [9.17, 15) is 10.1 Å². The molecule has 0 aliphatic carbocycles. The zero-order chi connectivity index (χ0) is 24.9. The average molecular weight is 509 g/mol. The number of rotatable bonds is 7. The molecule has 5 aromatic rings. The van der Waals surface area contributed by atoms with Gasteiger partial charge in [0.15, 0.2) is 5.13 Å². The van der Waals surface area contributed by atoms with Crippen molar-refractivity contribution < 1.29 is 4.79 Å². The normalized spacial score (nSPS) is 11.4. The number of thiazole rings is 1. The Morgan fingerprint density at radius 2 is 1.81 bits per heavy atom. The molecule has 3 aromatic carbocycles. The molecule has 0 atom stereocenters. The summed E-state index contributed by atoms with van der Waals surface area (Å²) in [4.78, 5) is 18.2. The first-order valence-electron chi connectivity index (χ1n) is 11.3. The van der Waals surface area contributed by atoms with Gasteiger partial charge in [0.1, 0.15) is 11.6 Å². The van der Waals surface area contributed by atoms with Crippen LogP contribution in [0.15, 0.2) is 96.8 Å². The summed E-state index contributed by atoms with van der Waals surface area (Å²) in [7, 11) is 0. The van der Waals surface area contributed by atoms with Crippen molar-refractivity contribution in [3.8, 4) is 6.07 Å². The van der Waals surface area contributed by atoms with E-state index >= 15 is 0 Å². The maximum Gasteiger partial charge on any atom is 0.268 e. The molecular weight excluding hydrogens is 488 g/mol. The van der Waals surface area contributed by atoms with E-state index in [-0.39, 0.29) is 5.57 Å². The number of carbonyl (C=O) groups is 1. The highest BCUT2D eigenvalue weighted by atomic mass is 35.5. The summed E-state index contributed by atoms with van der Waals surface area (Å²) < 4.78 is 2.13. The van der Waals surface area contributed by atoms with Crippen LogP contribution in [0, 0.1) is 11.3 Å². The first-order valence-corrected chi connectivity index (χ1v) is 12.5. The van der Waals surface area contributed by atoms with Crippen LogP contribution >= 0.6 is 22.9 Å². The minimum Gasteiger partial charge on any atom is -0.342 e. The molecular formula is C29H21ClN4OS. The van der Waals surface area contributed by atoms with Crippen molar-refractivity contribution in [2.45, 2.75) is 13.0 Å². The fourth-order valence-corrected chi connectivity index (χ4v) is 5.08. The largest absolute Gasteiger partial charge is 0.342 e. The van der Waals surface area contributed by atoms with Gasteiger partial charge in [-0.2, -0.15) is 5.26 Å². The fourth-order valence-electron chi connectivity index (χ4n) is 4.05. The molecule has 5 nitrogen and oxygen atoms in total. The van der Waals surface area contributed by atoms with Gasteiger partial charge in [-0.1, -0.05) is 78.3 Å². The number of hydrogen-bond acceptors (Lipinski definition) is 4. The summed E-state index contributed by atoms with van der Waals surface area (Å²) in [6, 6.07) is 27.8. The first-order chi connectivity index (χ1) is 17.6. The van der Waals surface area contributed by atoms with E-state index in [0.717, 1.165) is 26.9 Å². The molecule has 0 spiro atoms. The standard InChI is InChI=1S/C29H21ClN4OS/c30-26-12-6-4-10-21(26)15-24-17-32-29(36-24)33-28(35)22(16-31)14-23-19-34(18-20-8-2-1-3-9-20)27-13-7-5-11-25(23)27/h1-14,17,19H,15,18H2,(H,32,33,35). The highest BCUT2D eigenvalue weighted by molar-refractivity contribution is 7.15. The van der Waals surface area contributed by atoms with E-state index in [2.05, 4.69) is 27.0 Å². The summed E-state index contributed by atoms with van der Waals surface area (Å²) >= 11 is 7.62. The lowest BCUT2D eigenvalue weighted by Crippen LogP contribution is -2.13. The predicted molar refractivity (Wildman–Crippen MR) is 146 cm³/mol. The summed E-state index contributed by atoms with van der Waals surface area (Å²) in [6.45, 7) is 0.691. The van der Waals surface area contributed by atoms with Gasteiger partial charge in [-0.25, -0.2) is 4.98 Å². The number of hydrogen-bond donors (Lipinski definition) is 1. The lowest BCUT2D eigenvalue weighted by molar-refractivity contribution is -0.112. The molecule has 0 bridgehead atoms. The van der Waals surface area contributed by atoms with Crippen LogP contribution in [0.2, 0.25) is 5.02 Å². The highest BCUT2D eigenvalue weighted by Gasteiger charge is 2.15. The van der Waals surface area contributed by atoms with Crippen molar-refractivity contribution in [2.75, 3.05) is 5.32 Å². The Bertz CT molecular complexity index is 1610. The van der Waals surface area contributed by atoms with Gasteiger partial charge in [0.05, 0.1) is 0 Å². The predicted octanol–water partition coefficient (Wildman–Crippen LogP) is 6.94. The molecule has 0 unspecified atom stereocenters. The van der Waals surface area contributed by atoms with Crippen LogP contribution in [-0.4, -0.2) is 15.5 Å². The van der Waals surface area contributed by atoms with E-state index in [1.165, 1.54) is 16.9 Å². The lowest BCUT2D eigenvalue weighted by Gasteiger charge is -2.05. The zero-order valence-electron chi connectivity index (χ0n) is 19.2. The minimum absolute atomic E-state index is 0.0143. The molecule has 0 radical (unpaired) electrons. The number of fused-ring (bicyclic) bond motifs is 1. The molecule has 1 amide bonds. The maximum atomic E-state index is 12.9. The number of benzene rings is 3. The third-order valence-corrected chi connectivity index (χ3v) is 7.06. The number of halogens is 1. The first kappa shape index (κ1) is 23.6. The Hall–Kier alpha value is -4.18. The number of aromatic nitrogens is 2. The van der Waals surface area contributed by atoms with Crippen LogP contribution in [-0.2, 0) is 17.8 Å². The van der Waals surface area contributed by atoms with Gasteiger partial charge in [-0.05, 0) is 29.3 Å².